The summed E-state index contributed by atoms with van der Waals surface area (Å²) in [6, 6.07) is 0. The van der Waals surface area contributed by atoms with Crippen LogP contribution in [0.3, 0.4) is 0 Å². The number of hydrogen-bond acceptors (Lipinski definition) is 3. The summed E-state index contributed by atoms with van der Waals surface area (Å²) in [6.07, 6.45) is 1.90. The first-order valence-electron chi connectivity index (χ1n) is 6.43. The van der Waals surface area contributed by atoms with Crippen LogP contribution in [-0.4, -0.2) is 60.9 Å². The van der Waals surface area contributed by atoms with Crippen LogP contribution in [-0.2, 0) is 9.59 Å². The molecule has 96 valence electrons. The third kappa shape index (κ3) is 2.97. The summed E-state index contributed by atoms with van der Waals surface area (Å²) in [4.78, 5) is 27.2. The molecule has 0 aromatic rings. The van der Waals surface area contributed by atoms with Crippen LogP contribution >= 0.6 is 0 Å². The quantitative estimate of drug-likeness (QED) is 0.682. The molecule has 2 aliphatic rings. The van der Waals surface area contributed by atoms with Crippen molar-refractivity contribution in [2.45, 2.75) is 19.8 Å². The second kappa shape index (κ2) is 5.49. The fourth-order valence-corrected chi connectivity index (χ4v) is 2.57. The highest BCUT2D eigenvalue weighted by atomic mass is 16.2. The normalized spacial score (nSPS) is 22.6. The molecule has 17 heavy (non-hydrogen) atoms. The molecule has 2 rings (SSSR count). The third-order valence-corrected chi connectivity index (χ3v) is 3.73. The highest BCUT2D eigenvalue weighted by molar-refractivity contribution is 5.79. The number of nitrogens with zero attached hydrogens (tertiary/aromatic N) is 2. The topological polar surface area (TPSA) is 52.7 Å². The largest absolute Gasteiger partial charge is 0.339 e. The maximum Gasteiger partial charge on any atom is 0.225 e. The lowest BCUT2D eigenvalue weighted by Gasteiger charge is -2.36. The number of hydrogen-bond donors (Lipinski definition) is 1. The minimum absolute atomic E-state index is 0.110. The van der Waals surface area contributed by atoms with E-state index in [4.69, 9.17) is 0 Å². The van der Waals surface area contributed by atoms with Gasteiger partial charge in [0, 0.05) is 39.0 Å². The lowest BCUT2D eigenvalue weighted by atomic mass is 9.96. The summed E-state index contributed by atoms with van der Waals surface area (Å²) >= 11 is 0. The Balaban J connectivity index is 1.83. The standard InChI is InChI=1S/C12H21N3O2/c1-10(16)14-6-8-15(9-7-14)12(17)11-2-4-13-5-3-11/h11,13H,2-9H2,1H3. The lowest BCUT2D eigenvalue weighted by Crippen LogP contribution is -2.52. The van der Waals surface area contributed by atoms with Crippen molar-refractivity contribution < 1.29 is 9.59 Å². The van der Waals surface area contributed by atoms with Gasteiger partial charge in [0.05, 0.1) is 0 Å². The molecule has 0 saturated carbocycles. The fraction of sp³-hybridized carbons (Fsp3) is 0.833. The molecular formula is C12H21N3O2. The van der Waals surface area contributed by atoms with E-state index in [0.717, 1.165) is 25.9 Å². The average Bonchev–Trinajstić information content (AvgIpc) is 2.39. The Kier molecular flexibility index (Phi) is 3.99. The number of amides is 2. The third-order valence-electron chi connectivity index (χ3n) is 3.73. The van der Waals surface area contributed by atoms with Gasteiger partial charge in [0.15, 0.2) is 0 Å². The van der Waals surface area contributed by atoms with Crippen molar-refractivity contribution in [2.24, 2.45) is 5.92 Å². The monoisotopic (exact) mass is 239 g/mol. The molecule has 1 N–H and O–H groups in total. The van der Waals surface area contributed by atoms with E-state index in [-0.39, 0.29) is 17.7 Å². The van der Waals surface area contributed by atoms with Gasteiger partial charge in [-0.1, -0.05) is 0 Å². The van der Waals surface area contributed by atoms with Crippen LogP contribution in [0, 0.1) is 5.92 Å². The molecule has 0 bridgehead atoms. The van der Waals surface area contributed by atoms with E-state index in [1.165, 1.54) is 0 Å². The minimum atomic E-state index is 0.110. The van der Waals surface area contributed by atoms with Crippen LogP contribution in [0.5, 0.6) is 0 Å². The van der Waals surface area contributed by atoms with Crippen molar-refractivity contribution in [3.63, 3.8) is 0 Å². The first kappa shape index (κ1) is 12.4. The zero-order valence-electron chi connectivity index (χ0n) is 10.4. The van der Waals surface area contributed by atoms with Crippen molar-refractivity contribution in [1.29, 1.82) is 0 Å². The zero-order chi connectivity index (χ0) is 12.3. The maximum atomic E-state index is 12.2. The molecule has 0 unspecified atom stereocenters. The molecule has 2 amide bonds. The van der Waals surface area contributed by atoms with E-state index < -0.39 is 0 Å². The number of nitrogens with one attached hydrogen (secondary N) is 1. The zero-order valence-corrected chi connectivity index (χ0v) is 10.4. The number of piperidine rings is 1. The predicted octanol–water partition coefficient (Wildman–Crippen LogP) is -0.323. The van der Waals surface area contributed by atoms with Crippen LogP contribution in [0.1, 0.15) is 19.8 Å². The Morgan fingerprint density at radius 1 is 1.00 bits per heavy atom. The molecule has 0 aromatic heterocycles. The smallest absolute Gasteiger partial charge is 0.225 e. The summed E-state index contributed by atoms with van der Waals surface area (Å²) in [5.41, 5.74) is 0. The van der Waals surface area contributed by atoms with Gasteiger partial charge in [0.2, 0.25) is 11.8 Å². The van der Waals surface area contributed by atoms with Crippen molar-refractivity contribution in [1.82, 2.24) is 15.1 Å². The van der Waals surface area contributed by atoms with Crippen molar-refractivity contribution in [3.05, 3.63) is 0 Å². The summed E-state index contributed by atoms with van der Waals surface area (Å²) in [5, 5.41) is 3.27. The SMILES string of the molecule is CC(=O)N1CCN(C(=O)C2CCNCC2)CC1. The van der Waals surface area contributed by atoms with Crippen molar-refractivity contribution in [2.75, 3.05) is 39.3 Å². The van der Waals surface area contributed by atoms with Crippen LogP contribution in [0.15, 0.2) is 0 Å². The van der Waals surface area contributed by atoms with Crippen molar-refractivity contribution in [3.8, 4) is 0 Å². The van der Waals surface area contributed by atoms with E-state index in [1.807, 2.05) is 9.80 Å². The highest BCUT2D eigenvalue weighted by Gasteiger charge is 2.28. The van der Waals surface area contributed by atoms with E-state index in [1.54, 1.807) is 6.92 Å². The van der Waals surface area contributed by atoms with Crippen LogP contribution in [0.2, 0.25) is 0 Å². The molecule has 2 heterocycles. The van der Waals surface area contributed by atoms with E-state index in [0.29, 0.717) is 26.2 Å². The number of rotatable bonds is 1. The van der Waals surface area contributed by atoms with Gasteiger partial charge < -0.3 is 15.1 Å². The van der Waals surface area contributed by atoms with Gasteiger partial charge in [-0.25, -0.2) is 0 Å². The minimum Gasteiger partial charge on any atom is -0.339 e. The fourth-order valence-electron chi connectivity index (χ4n) is 2.57. The van der Waals surface area contributed by atoms with Crippen LogP contribution in [0.4, 0.5) is 0 Å². The molecule has 5 heteroatoms. The molecule has 5 nitrogen and oxygen atoms in total. The molecule has 2 fully saturated rings. The van der Waals surface area contributed by atoms with Gasteiger partial charge in [0.1, 0.15) is 0 Å². The second-order valence-corrected chi connectivity index (χ2v) is 4.86. The molecule has 0 atom stereocenters. The Labute approximate surface area is 102 Å². The van der Waals surface area contributed by atoms with E-state index in [2.05, 4.69) is 5.32 Å². The molecule has 0 aromatic carbocycles. The Bertz CT molecular complexity index is 292. The lowest BCUT2D eigenvalue weighted by molar-refractivity contribution is -0.141. The Morgan fingerprint density at radius 2 is 1.53 bits per heavy atom. The molecule has 2 aliphatic heterocycles. The van der Waals surface area contributed by atoms with Crippen LogP contribution in [0.25, 0.3) is 0 Å². The number of carbonyl (C=O) groups is 2. The summed E-state index contributed by atoms with van der Waals surface area (Å²) in [7, 11) is 0. The average molecular weight is 239 g/mol. The summed E-state index contributed by atoms with van der Waals surface area (Å²) in [5.74, 6) is 0.591. The first-order valence-corrected chi connectivity index (χ1v) is 6.43. The molecule has 0 aliphatic carbocycles. The second-order valence-electron chi connectivity index (χ2n) is 4.86. The van der Waals surface area contributed by atoms with Gasteiger partial charge in [0.25, 0.3) is 0 Å². The molecule has 2 saturated heterocycles. The van der Waals surface area contributed by atoms with Gasteiger partial charge in [-0.2, -0.15) is 0 Å². The number of carbonyl (C=O) groups excluding carboxylic acids is 2. The summed E-state index contributed by atoms with van der Waals surface area (Å²) < 4.78 is 0. The van der Waals surface area contributed by atoms with Crippen LogP contribution < -0.4 is 5.32 Å². The molecule has 0 spiro atoms. The van der Waals surface area contributed by atoms with Gasteiger partial charge in [-0.3, -0.25) is 9.59 Å². The van der Waals surface area contributed by atoms with E-state index >= 15 is 0 Å². The molecule has 0 radical (unpaired) electrons. The van der Waals surface area contributed by atoms with Gasteiger partial charge >= 0.3 is 0 Å². The van der Waals surface area contributed by atoms with Crippen molar-refractivity contribution >= 4 is 11.8 Å². The molecular weight excluding hydrogens is 218 g/mol. The predicted molar refractivity (Wildman–Crippen MR) is 64.4 cm³/mol. The van der Waals surface area contributed by atoms with Gasteiger partial charge in [-0.05, 0) is 25.9 Å². The number of piperazine rings is 1. The van der Waals surface area contributed by atoms with Gasteiger partial charge in [-0.15, -0.1) is 0 Å². The van der Waals surface area contributed by atoms with E-state index in [9.17, 15) is 9.59 Å². The highest BCUT2D eigenvalue weighted by Crippen LogP contribution is 2.16. The Hall–Kier alpha value is -1.10. The maximum absolute atomic E-state index is 12.2. The summed E-state index contributed by atoms with van der Waals surface area (Å²) in [6.45, 7) is 6.25. The Morgan fingerprint density at radius 3 is 2.06 bits per heavy atom. The first-order chi connectivity index (χ1) is 8.18.